The third kappa shape index (κ3) is 4.30. The minimum atomic E-state index is -0.796. The Labute approximate surface area is 133 Å². The molecule has 0 saturated carbocycles. The largest absolute Gasteiger partial charge is 0.480 e. The maximum Gasteiger partial charge on any atom is 0.410 e. The van der Waals surface area contributed by atoms with Crippen LogP contribution < -0.4 is 4.74 Å². The van der Waals surface area contributed by atoms with Crippen LogP contribution in [0.5, 0.6) is 5.75 Å². The summed E-state index contributed by atoms with van der Waals surface area (Å²) in [7, 11) is 0. The van der Waals surface area contributed by atoms with Crippen LogP contribution in [0.3, 0.4) is 0 Å². The quantitative estimate of drug-likeness (QED) is 0.629. The van der Waals surface area contributed by atoms with Gasteiger partial charge in [0.1, 0.15) is 11.7 Å². The first kappa shape index (κ1) is 17.0. The van der Waals surface area contributed by atoms with E-state index in [1.165, 1.54) is 17.0 Å². The summed E-state index contributed by atoms with van der Waals surface area (Å²) >= 11 is 0. The number of para-hydroxylation sites is 1. The number of likely N-dealkylation sites (tertiary alicyclic amines) is 1. The Morgan fingerprint density at radius 1 is 1.43 bits per heavy atom. The van der Waals surface area contributed by atoms with Gasteiger partial charge in [-0.25, -0.2) is 9.18 Å². The fourth-order valence-corrected chi connectivity index (χ4v) is 2.24. The van der Waals surface area contributed by atoms with Crippen LogP contribution in [0.25, 0.3) is 0 Å². The second-order valence-corrected chi connectivity index (χ2v) is 6.30. The zero-order valence-electron chi connectivity index (χ0n) is 13.2. The average Bonchev–Trinajstić information content (AvgIpc) is 2.87. The lowest BCUT2D eigenvalue weighted by atomic mass is 10.2. The first-order valence-corrected chi connectivity index (χ1v) is 7.25. The van der Waals surface area contributed by atoms with Gasteiger partial charge >= 0.3 is 11.8 Å². The van der Waals surface area contributed by atoms with Crippen molar-refractivity contribution < 1.29 is 23.6 Å². The molecule has 1 aromatic rings. The molecule has 0 bridgehead atoms. The molecule has 0 spiro atoms. The highest BCUT2D eigenvalue weighted by molar-refractivity contribution is 5.68. The zero-order chi connectivity index (χ0) is 17.2. The molecule has 2 rings (SSSR count). The van der Waals surface area contributed by atoms with E-state index in [-0.39, 0.29) is 6.54 Å². The Balaban J connectivity index is 2.04. The number of halogens is 1. The van der Waals surface area contributed by atoms with Crippen molar-refractivity contribution in [2.45, 2.75) is 38.9 Å². The summed E-state index contributed by atoms with van der Waals surface area (Å²) in [6.45, 7) is 5.87. The molecule has 0 aromatic heterocycles. The Bertz CT molecular complexity index is 614. The minimum Gasteiger partial charge on any atom is -0.480 e. The van der Waals surface area contributed by atoms with Crippen molar-refractivity contribution >= 4 is 11.8 Å². The third-order valence-corrected chi connectivity index (χ3v) is 3.22. The highest BCUT2D eigenvalue weighted by atomic mass is 19.1. The Morgan fingerprint density at radius 2 is 2.13 bits per heavy atom. The molecule has 1 aromatic carbocycles. The number of benzene rings is 1. The zero-order valence-corrected chi connectivity index (χ0v) is 13.2. The number of rotatable bonds is 3. The van der Waals surface area contributed by atoms with Gasteiger partial charge in [0.05, 0.1) is 11.5 Å². The standard InChI is InChI=1S/C15H19FN2O5/c1-15(2,3)23-14(19)17-8-7-10(9-17)22-13-11(16)5-4-6-12(13)18(20)21/h4-6,10H,7-9H2,1-3H3/t10-/m0/s1. The van der Waals surface area contributed by atoms with Crippen molar-refractivity contribution in [1.29, 1.82) is 0 Å². The van der Waals surface area contributed by atoms with Crippen molar-refractivity contribution in [2.75, 3.05) is 13.1 Å². The van der Waals surface area contributed by atoms with Crippen molar-refractivity contribution in [3.8, 4) is 5.75 Å². The molecular weight excluding hydrogens is 307 g/mol. The number of nitro benzene ring substituents is 1. The molecule has 0 aliphatic carbocycles. The summed E-state index contributed by atoms with van der Waals surface area (Å²) in [5.74, 6) is -1.19. The van der Waals surface area contributed by atoms with Crippen LogP contribution in [0, 0.1) is 15.9 Å². The van der Waals surface area contributed by atoms with Gasteiger partial charge < -0.3 is 14.4 Å². The molecule has 1 aliphatic heterocycles. The fraction of sp³-hybridized carbons (Fsp3) is 0.533. The van der Waals surface area contributed by atoms with Crippen LogP contribution in [0.1, 0.15) is 27.2 Å². The van der Waals surface area contributed by atoms with Crippen molar-refractivity contribution in [3.05, 3.63) is 34.1 Å². The smallest absolute Gasteiger partial charge is 0.410 e. The van der Waals surface area contributed by atoms with Crippen LogP contribution in [0.4, 0.5) is 14.9 Å². The van der Waals surface area contributed by atoms with Gasteiger partial charge in [-0.3, -0.25) is 10.1 Å². The number of hydrogen-bond donors (Lipinski definition) is 0. The number of ether oxygens (including phenoxy) is 2. The van der Waals surface area contributed by atoms with Gasteiger partial charge in [-0.05, 0) is 26.8 Å². The molecule has 1 aliphatic rings. The van der Waals surface area contributed by atoms with Crippen molar-refractivity contribution in [3.63, 3.8) is 0 Å². The SMILES string of the molecule is CC(C)(C)OC(=O)N1CC[C@H](Oc2c(F)cccc2[N+](=O)[O-])C1. The lowest BCUT2D eigenvalue weighted by molar-refractivity contribution is -0.386. The van der Waals surface area contributed by atoms with Crippen LogP contribution in [-0.4, -0.2) is 40.7 Å². The maximum absolute atomic E-state index is 13.8. The number of carbonyl (C=O) groups is 1. The van der Waals surface area contributed by atoms with Crippen molar-refractivity contribution in [2.24, 2.45) is 0 Å². The summed E-state index contributed by atoms with van der Waals surface area (Å²) in [6.07, 6.45) is -0.546. The first-order chi connectivity index (χ1) is 10.7. The number of hydrogen-bond acceptors (Lipinski definition) is 5. The van der Waals surface area contributed by atoms with E-state index in [1.807, 2.05) is 0 Å². The van der Waals surface area contributed by atoms with E-state index in [2.05, 4.69) is 0 Å². The van der Waals surface area contributed by atoms with E-state index in [9.17, 15) is 19.3 Å². The summed E-state index contributed by atoms with van der Waals surface area (Å²) in [4.78, 5) is 23.7. The van der Waals surface area contributed by atoms with Gasteiger partial charge in [-0.15, -0.1) is 0 Å². The van der Waals surface area contributed by atoms with E-state index in [0.29, 0.717) is 13.0 Å². The lowest BCUT2D eigenvalue weighted by Gasteiger charge is -2.24. The summed E-state index contributed by atoms with van der Waals surface area (Å²) in [5, 5.41) is 11.0. The summed E-state index contributed by atoms with van der Waals surface area (Å²) < 4.78 is 24.5. The summed E-state index contributed by atoms with van der Waals surface area (Å²) in [5.41, 5.74) is -1.04. The van der Waals surface area contributed by atoms with Gasteiger partial charge in [0.2, 0.25) is 5.75 Å². The van der Waals surface area contributed by atoms with E-state index in [1.54, 1.807) is 20.8 Å². The number of carbonyl (C=O) groups excluding carboxylic acids is 1. The molecule has 1 atom stereocenters. The molecule has 1 heterocycles. The van der Waals surface area contributed by atoms with Gasteiger partial charge in [0, 0.05) is 19.0 Å². The highest BCUT2D eigenvalue weighted by Crippen LogP contribution is 2.32. The van der Waals surface area contributed by atoms with Crippen LogP contribution >= 0.6 is 0 Å². The molecule has 8 heteroatoms. The average molecular weight is 326 g/mol. The number of nitrogens with zero attached hydrogens (tertiary/aromatic N) is 2. The van der Waals surface area contributed by atoms with E-state index < -0.39 is 40.0 Å². The lowest BCUT2D eigenvalue weighted by Crippen LogP contribution is -2.36. The van der Waals surface area contributed by atoms with Crippen LogP contribution in [0.15, 0.2) is 18.2 Å². The van der Waals surface area contributed by atoms with Gasteiger partial charge in [0.25, 0.3) is 0 Å². The van der Waals surface area contributed by atoms with E-state index >= 15 is 0 Å². The first-order valence-electron chi connectivity index (χ1n) is 7.25. The van der Waals surface area contributed by atoms with Gasteiger partial charge in [-0.1, -0.05) is 6.07 Å². The topological polar surface area (TPSA) is 81.9 Å². The molecule has 126 valence electrons. The summed E-state index contributed by atoms with van der Waals surface area (Å²) in [6, 6.07) is 3.53. The normalized spacial score (nSPS) is 17.9. The Hall–Kier alpha value is -2.38. The molecule has 7 nitrogen and oxygen atoms in total. The molecule has 1 amide bonds. The number of nitro groups is 1. The van der Waals surface area contributed by atoms with E-state index in [0.717, 1.165) is 6.07 Å². The monoisotopic (exact) mass is 326 g/mol. The van der Waals surface area contributed by atoms with Crippen molar-refractivity contribution in [1.82, 2.24) is 4.90 Å². The molecule has 23 heavy (non-hydrogen) atoms. The molecule has 1 saturated heterocycles. The van der Waals surface area contributed by atoms with Gasteiger partial charge in [0.15, 0.2) is 5.82 Å². The predicted molar refractivity (Wildman–Crippen MR) is 79.9 cm³/mol. The molecule has 0 N–H and O–H groups in total. The van der Waals surface area contributed by atoms with Crippen LogP contribution in [-0.2, 0) is 4.74 Å². The Kier molecular flexibility index (Phi) is 4.72. The van der Waals surface area contributed by atoms with E-state index in [4.69, 9.17) is 9.47 Å². The molecule has 0 radical (unpaired) electrons. The maximum atomic E-state index is 13.8. The molecule has 0 unspecified atom stereocenters. The minimum absolute atomic E-state index is 0.195. The Morgan fingerprint density at radius 3 is 2.74 bits per heavy atom. The molecule has 1 fully saturated rings. The number of amides is 1. The fourth-order valence-electron chi connectivity index (χ4n) is 2.24. The van der Waals surface area contributed by atoms with Crippen LogP contribution in [0.2, 0.25) is 0 Å². The second kappa shape index (κ2) is 6.39. The van der Waals surface area contributed by atoms with Gasteiger partial charge in [-0.2, -0.15) is 0 Å². The molecular formula is C15H19FN2O5. The second-order valence-electron chi connectivity index (χ2n) is 6.30. The third-order valence-electron chi connectivity index (χ3n) is 3.22. The highest BCUT2D eigenvalue weighted by Gasteiger charge is 2.33. The predicted octanol–water partition coefficient (Wildman–Crippen LogP) is 3.12.